The molecule has 3 aliphatic rings. The molecule has 0 radical (unpaired) electrons. The summed E-state index contributed by atoms with van der Waals surface area (Å²) in [5, 5.41) is 6.75. The molecule has 3 heterocycles. The second-order valence-corrected chi connectivity index (χ2v) is 8.65. The lowest BCUT2D eigenvalue weighted by molar-refractivity contribution is -0.130. The summed E-state index contributed by atoms with van der Waals surface area (Å²) in [5.74, 6) is -2.33. The number of benzene rings is 2. The molecule has 7 heteroatoms. The van der Waals surface area contributed by atoms with Gasteiger partial charge in [-0.15, -0.1) is 0 Å². The summed E-state index contributed by atoms with van der Waals surface area (Å²) < 4.78 is 0. The largest absolute Gasteiger partial charge is 0.324 e. The highest BCUT2D eigenvalue weighted by Crippen LogP contribution is 2.54. The Morgan fingerprint density at radius 1 is 1.03 bits per heavy atom. The Bertz CT molecular complexity index is 1070. The van der Waals surface area contributed by atoms with E-state index >= 15 is 0 Å². The highest BCUT2D eigenvalue weighted by Gasteiger charge is 2.70. The van der Waals surface area contributed by atoms with Crippen molar-refractivity contribution in [2.75, 3.05) is 10.2 Å². The van der Waals surface area contributed by atoms with E-state index in [2.05, 4.69) is 10.6 Å². The third-order valence-corrected chi connectivity index (χ3v) is 6.58. The van der Waals surface area contributed by atoms with E-state index in [0.717, 1.165) is 5.56 Å². The second-order valence-electron chi connectivity index (χ2n) is 8.22. The minimum atomic E-state index is -1.25. The standard InChI is InChI=1S/C22H20ClN3O3/c1-11(2)18-16-17(20(28)26(19(16)27)13-7-5-6-12(23)10-13)22(25-18)14-8-3-4-9-15(14)24-21(22)29/h3-11,16-18,25H,1-2H3,(H,24,29)/t16-,17+,18+,22-/m0/s1. The van der Waals surface area contributed by atoms with Crippen LogP contribution in [-0.4, -0.2) is 23.8 Å². The predicted octanol–water partition coefficient (Wildman–Crippen LogP) is 2.92. The monoisotopic (exact) mass is 409 g/mol. The van der Waals surface area contributed by atoms with Crippen LogP contribution < -0.4 is 15.5 Å². The molecule has 6 nitrogen and oxygen atoms in total. The van der Waals surface area contributed by atoms with Crippen LogP contribution in [0.1, 0.15) is 19.4 Å². The summed E-state index contributed by atoms with van der Waals surface area (Å²) in [6.07, 6.45) is 0. The molecular weight excluding hydrogens is 390 g/mol. The lowest BCUT2D eigenvalue weighted by Crippen LogP contribution is -2.54. The number of imide groups is 1. The van der Waals surface area contributed by atoms with Crippen molar-refractivity contribution in [3.63, 3.8) is 0 Å². The second kappa shape index (κ2) is 6.15. The Labute approximate surface area is 173 Å². The van der Waals surface area contributed by atoms with Gasteiger partial charge in [-0.3, -0.25) is 19.7 Å². The van der Waals surface area contributed by atoms with Gasteiger partial charge >= 0.3 is 0 Å². The van der Waals surface area contributed by atoms with E-state index in [0.29, 0.717) is 16.4 Å². The minimum absolute atomic E-state index is 0.0542. The fourth-order valence-electron chi connectivity index (χ4n) is 5.13. The summed E-state index contributed by atoms with van der Waals surface area (Å²) in [6, 6.07) is 13.7. The first-order valence-electron chi connectivity index (χ1n) is 9.68. The van der Waals surface area contributed by atoms with Crippen LogP contribution in [0.4, 0.5) is 11.4 Å². The number of para-hydroxylation sites is 1. The molecule has 2 aromatic rings. The van der Waals surface area contributed by atoms with Gasteiger partial charge in [0, 0.05) is 22.3 Å². The molecule has 0 unspecified atom stereocenters. The van der Waals surface area contributed by atoms with Crippen LogP contribution in [0.3, 0.4) is 0 Å². The van der Waals surface area contributed by atoms with E-state index in [1.165, 1.54) is 4.90 Å². The molecule has 148 valence electrons. The van der Waals surface area contributed by atoms with Crippen molar-refractivity contribution in [2.45, 2.75) is 25.4 Å². The zero-order valence-electron chi connectivity index (χ0n) is 16.0. The van der Waals surface area contributed by atoms with Crippen LogP contribution in [0.15, 0.2) is 48.5 Å². The number of rotatable bonds is 2. The highest BCUT2D eigenvalue weighted by atomic mass is 35.5. The van der Waals surface area contributed by atoms with Crippen molar-refractivity contribution < 1.29 is 14.4 Å². The van der Waals surface area contributed by atoms with Gasteiger partial charge in [-0.2, -0.15) is 0 Å². The molecule has 0 saturated carbocycles. The van der Waals surface area contributed by atoms with Gasteiger partial charge in [-0.05, 0) is 30.2 Å². The van der Waals surface area contributed by atoms with E-state index in [9.17, 15) is 14.4 Å². The van der Waals surface area contributed by atoms with Gasteiger partial charge in [-0.25, -0.2) is 4.90 Å². The maximum absolute atomic E-state index is 13.6. The number of nitrogens with one attached hydrogen (secondary N) is 2. The summed E-state index contributed by atoms with van der Waals surface area (Å²) in [7, 11) is 0. The van der Waals surface area contributed by atoms with Crippen LogP contribution in [0, 0.1) is 17.8 Å². The van der Waals surface area contributed by atoms with Gasteiger partial charge in [0.2, 0.25) is 17.7 Å². The number of amides is 3. The first kappa shape index (κ1) is 18.3. The molecule has 2 N–H and O–H groups in total. The first-order valence-corrected chi connectivity index (χ1v) is 10.1. The Balaban J connectivity index is 1.70. The maximum atomic E-state index is 13.6. The van der Waals surface area contributed by atoms with Gasteiger partial charge in [0.1, 0.15) is 5.54 Å². The molecule has 5 rings (SSSR count). The Hall–Kier alpha value is -2.70. The third-order valence-electron chi connectivity index (χ3n) is 6.34. The van der Waals surface area contributed by atoms with Crippen LogP contribution in [0.25, 0.3) is 0 Å². The van der Waals surface area contributed by atoms with Crippen molar-refractivity contribution in [1.82, 2.24) is 5.32 Å². The van der Waals surface area contributed by atoms with E-state index in [-0.39, 0.29) is 29.7 Å². The Morgan fingerprint density at radius 3 is 2.52 bits per heavy atom. The third kappa shape index (κ3) is 2.30. The van der Waals surface area contributed by atoms with Gasteiger partial charge < -0.3 is 5.32 Å². The molecule has 0 bridgehead atoms. The average molecular weight is 410 g/mol. The lowest BCUT2D eigenvalue weighted by Gasteiger charge is -2.30. The minimum Gasteiger partial charge on any atom is -0.324 e. The summed E-state index contributed by atoms with van der Waals surface area (Å²) in [4.78, 5) is 41.5. The average Bonchev–Trinajstić information content (AvgIpc) is 3.27. The van der Waals surface area contributed by atoms with Gasteiger partial charge in [0.05, 0.1) is 17.5 Å². The van der Waals surface area contributed by atoms with Crippen LogP contribution in [-0.2, 0) is 19.9 Å². The van der Waals surface area contributed by atoms with Crippen molar-refractivity contribution >= 4 is 40.7 Å². The van der Waals surface area contributed by atoms with Gasteiger partial charge in [-0.1, -0.05) is 49.7 Å². The van der Waals surface area contributed by atoms with E-state index < -0.39 is 17.4 Å². The molecule has 0 aromatic heterocycles. The number of nitrogens with zero attached hydrogens (tertiary/aromatic N) is 1. The van der Waals surface area contributed by atoms with Crippen molar-refractivity contribution in [2.24, 2.45) is 17.8 Å². The van der Waals surface area contributed by atoms with Crippen molar-refractivity contribution in [3.8, 4) is 0 Å². The number of fused-ring (bicyclic) bond motifs is 4. The van der Waals surface area contributed by atoms with Crippen LogP contribution in [0.2, 0.25) is 5.02 Å². The molecule has 4 atom stereocenters. The van der Waals surface area contributed by atoms with Crippen LogP contribution in [0.5, 0.6) is 0 Å². The molecule has 3 aliphatic heterocycles. The Kier molecular flexibility index (Phi) is 3.89. The maximum Gasteiger partial charge on any atom is 0.250 e. The van der Waals surface area contributed by atoms with Crippen LogP contribution >= 0.6 is 11.6 Å². The SMILES string of the molecule is CC(C)[C@H]1N[C@]2(C(=O)Nc3ccccc32)[C@H]2C(=O)N(c3cccc(Cl)c3)C(=O)[C@H]12. The van der Waals surface area contributed by atoms with Gasteiger partial charge in [0.15, 0.2) is 0 Å². The quantitative estimate of drug-likeness (QED) is 0.747. The molecular formula is C22H20ClN3O3. The zero-order chi connectivity index (χ0) is 20.5. The summed E-state index contributed by atoms with van der Waals surface area (Å²) >= 11 is 6.10. The van der Waals surface area contributed by atoms with Crippen molar-refractivity contribution in [1.29, 1.82) is 0 Å². The fourth-order valence-corrected chi connectivity index (χ4v) is 5.32. The topological polar surface area (TPSA) is 78.5 Å². The zero-order valence-corrected chi connectivity index (χ0v) is 16.7. The van der Waals surface area contributed by atoms with Crippen molar-refractivity contribution in [3.05, 3.63) is 59.1 Å². The smallest absolute Gasteiger partial charge is 0.250 e. The molecule has 2 saturated heterocycles. The molecule has 29 heavy (non-hydrogen) atoms. The Morgan fingerprint density at radius 2 is 1.79 bits per heavy atom. The van der Waals surface area contributed by atoms with E-state index in [1.807, 2.05) is 38.1 Å². The predicted molar refractivity (Wildman–Crippen MR) is 109 cm³/mol. The number of halogens is 1. The summed E-state index contributed by atoms with van der Waals surface area (Å²) in [5.41, 5.74) is 0.578. The number of carbonyl (C=O) groups is 3. The summed E-state index contributed by atoms with van der Waals surface area (Å²) in [6.45, 7) is 3.98. The fraction of sp³-hybridized carbons (Fsp3) is 0.318. The molecule has 1 spiro atoms. The first-order chi connectivity index (χ1) is 13.9. The highest BCUT2D eigenvalue weighted by molar-refractivity contribution is 6.31. The van der Waals surface area contributed by atoms with Gasteiger partial charge in [0.25, 0.3) is 0 Å². The molecule has 2 aromatic carbocycles. The lowest BCUT2D eigenvalue weighted by atomic mass is 9.76. The number of hydrogen-bond donors (Lipinski definition) is 2. The normalized spacial score (nSPS) is 30.3. The molecule has 3 amide bonds. The molecule has 2 fully saturated rings. The van der Waals surface area contributed by atoms with E-state index in [4.69, 9.17) is 11.6 Å². The number of anilines is 2. The number of carbonyl (C=O) groups excluding carboxylic acids is 3. The molecule has 0 aliphatic carbocycles. The van der Waals surface area contributed by atoms with E-state index in [1.54, 1.807) is 24.3 Å². The number of hydrogen-bond acceptors (Lipinski definition) is 4.